The Morgan fingerprint density at radius 1 is 1.50 bits per heavy atom. The number of nitrogens with zero attached hydrogens (tertiary/aromatic N) is 1. The number of rotatable bonds is 6. The number of hydrogen-bond donors (Lipinski definition) is 1. The first-order valence-electron chi connectivity index (χ1n) is 5.94. The summed E-state index contributed by atoms with van der Waals surface area (Å²) < 4.78 is 10.7. The Bertz CT molecular complexity index is 205. The summed E-state index contributed by atoms with van der Waals surface area (Å²) in [4.78, 5) is 13.7. The molecule has 1 aliphatic rings. The number of likely N-dealkylation sites (N-methyl/N-ethyl adjacent to an activating group) is 1. The lowest BCUT2D eigenvalue weighted by Gasteiger charge is -2.29. The third kappa shape index (κ3) is 4.47. The van der Waals surface area contributed by atoms with Gasteiger partial charge in [0.15, 0.2) is 0 Å². The van der Waals surface area contributed by atoms with Gasteiger partial charge in [-0.15, -0.1) is 0 Å². The number of hydrogen-bond acceptors (Lipinski definition) is 4. The maximum atomic E-state index is 11.9. The molecule has 5 nitrogen and oxygen atoms in total. The maximum Gasteiger partial charge on any atom is 0.251 e. The van der Waals surface area contributed by atoms with Crippen LogP contribution in [-0.4, -0.2) is 62.9 Å². The largest absolute Gasteiger partial charge is 0.378 e. The molecule has 94 valence electrons. The van der Waals surface area contributed by atoms with E-state index in [4.69, 9.17) is 9.47 Å². The van der Waals surface area contributed by atoms with E-state index < -0.39 is 0 Å². The van der Waals surface area contributed by atoms with Gasteiger partial charge in [-0.05, 0) is 13.5 Å². The normalized spacial score (nSPS) is 18.5. The molecule has 0 radical (unpaired) electrons. The van der Waals surface area contributed by atoms with E-state index in [2.05, 4.69) is 5.32 Å². The minimum Gasteiger partial charge on any atom is -0.378 e. The summed E-state index contributed by atoms with van der Waals surface area (Å²) in [6.07, 6.45) is -0.350. The van der Waals surface area contributed by atoms with Crippen LogP contribution in [0.15, 0.2) is 0 Å². The molecule has 1 fully saturated rings. The van der Waals surface area contributed by atoms with Crippen molar-refractivity contribution in [2.75, 3.05) is 46.0 Å². The molecule has 1 atom stereocenters. The van der Waals surface area contributed by atoms with Crippen molar-refractivity contribution in [3.05, 3.63) is 0 Å². The van der Waals surface area contributed by atoms with Crippen LogP contribution >= 0.6 is 0 Å². The first-order valence-corrected chi connectivity index (χ1v) is 5.94. The van der Waals surface area contributed by atoms with Crippen LogP contribution in [0.5, 0.6) is 0 Å². The molecule has 1 N–H and O–H groups in total. The fourth-order valence-corrected chi connectivity index (χ4v) is 1.60. The summed E-state index contributed by atoms with van der Waals surface area (Å²) in [7, 11) is 0. The summed E-state index contributed by atoms with van der Waals surface area (Å²) in [5, 5.41) is 3.15. The molecule has 1 rings (SSSR count). The number of nitrogens with one attached hydrogen (secondary N) is 1. The van der Waals surface area contributed by atoms with Crippen LogP contribution in [0.2, 0.25) is 0 Å². The van der Waals surface area contributed by atoms with Gasteiger partial charge in [-0.25, -0.2) is 0 Å². The molecular weight excluding hydrogens is 208 g/mol. The second kappa shape index (κ2) is 7.60. The van der Waals surface area contributed by atoms with Crippen molar-refractivity contribution in [2.45, 2.75) is 20.0 Å². The predicted octanol–water partition coefficient (Wildman–Crippen LogP) is -0.140. The second-order valence-corrected chi connectivity index (χ2v) is 3.80. The number of amides is 1. The van der Waals surface area contributed by atoms with Crippen molar-refractivity contribution < 1.29 is 14.3 Å². The van der Waals surface area contributed by atoms with Crippen LogP contribution in [0.1, 0.15) is 13.8 Å². The molecule has 1 amide bonds. The lowest BCUT2D eigenvalue weighted by atomic mass is 10.3. The molecule has 0 aliphatic carbocycles. The molecule has 5 heteroatoms. The Morgan fingerprint density at radius 2 is 2.19 bits per heavy atom. The maximum absolute atomic E-state index is 11.9. The van der Waals surface area contributed by atoms with Crippen LogP contribution in [-0.2, 0) is 14.3 Å². The zero-order chi connectivity index (χ0) is 11.8. The van der Waals surface area contributed by atoms with Gasteiger partial charge in [-0.1, -0.05) is 6.92 Å². The Labute approximate surface area is 97.1 Å². The Morgan fingerprint density at radius 3 is 2.81 bits per heavy atom. The highest BCUT2D eigenvalue weighted by atomic mass is 16.5. The number of ether oxygens (including phenoxy) is 2. The third-order valence-electron chi connectivity index (χ3n) is 2.57. The summed E-state index contributed by atoms with van der Waals surface area (Å²) in [6.45, 7) is 8.77. The van der Waals surface area contributed by atoms with Gasteiger partial charge < -0.3 is 19.7 Å². The summed E-state index contributed by atoms with van der Waals surface area (Å²) in [6, 6.07) is 0. The van der Waals surface area contributed by atoms with Gasteiger partial charge >= 0.3 is 0 Å². The highest BCUT2D eigenvalue weighted by Crippen LogP contribution is 2.02. The predicted molar refractivity (Wildman–Crippen MR) is 61.4 cm³/mol. The van der Waals surface area contributed by atoms with Crippen molar-refractivity contribution in [1.82, 2.24) is 10.2 Å². The fourth-order valence-electron chi connectivity index (χ4n) is 1.60. The van der Waals surface area contributed by atoms with E-state index in [1.54, 1.807) is 4.90 Å². The first kappa shape index (κ1) is 13.4. The van der Waals surface area contributed by atoms with Gasteiger partial charge in [0.2, 0.25) is 0 Å². The molecule has 0 spiro atoms. The fraction of sp³-hybridized carbons (Fsp3) is 0.909. The zero-order valence-electron chi connectivity index (χ0n) is 10.2. The highest BCUT2D eigenvalue weighted by Gasteiger charge is 2.22. The molecule has 0 aromatic heterocycles. The van der Waals surface area contributed by atoms with E-state index in [1.807, 2.05) is 13.8 Å². The van der Waals surface area contributed by atoms with Gasteiger partial charge in [0.1, 0.15) is 6.10 Å². The SMILES string of the molecule is CCNCCOC(C)C(=O)N1CCOCC1. The van der Waals surface area contributed by atoms with Crippen LogP contribution < -0.4 is 5.32 Å². The topological polar surface area (TPSA) is 50.8 Å². The molecule has 1 heterocycles. The molecule has 0 bridgehead atoms. The van der Waals surface area contributed by atoms with E-state index in [0.29, 0.717) is 32.9 Å². The van der Waals surface area contributed by atoms with Crippen molar-refractivity contribution in [1.29, 1.82) is 0 Å². The van der Waals surface area contributed by atoms with Gasteiger partial charge in [-0.2, -0.15) is 0 Å². The van der Waals surface area contributed by atoms with Crippen molar-refractivity contribution in [3.63, 3.8) is 0 Å². The Kier molecular flexibility index (Phi) is 6.37. The van der Waals surface area contributed by atoms with Gasteiger partial charge in [-0.3, -0.25) is 4.79 Å². The zero-order valence-corrected chi connectivity index (χ0v) is 10.2. The van der Waals surface area contributed by atoms with Crippen molar-refractivity contribution >= 4 is 5.91 Å². The number of morpholine rings is 1. The Hall–Kier alpha value is -0.650. The molecule has 1 unspecified atom stereocenters. The van der Waals surface area contributed by atoms with Crippen LogP contribution in [0.4, 0.5) is 0 Å². The van der Waals surface area contributed by atoms with E-state index in [0.717, 1.165) is 13.1 Å². The smallest absolute Gasteiger partial charge is 0.251 e. The minimum absolute atomic E-state index is 0.0693. The molecule has 1 aliphatic heterocycles. The van der Waals surface area contributed by atoms with Crippen molar-refractivity contribution in [2.24, 2.45) is 0 Å². The lowest BCUT2D eigenvalue weighted by molar-refractivity contribution is -0.146. The summed E-state index contributed by atoms with van der Waals surface area (Å²) in [5.41, 5.74) is 0. The second-order valence-electron chi connectivity index (χ2n) is 3.80. The van der Waals surface area contributed by atoms with E-state index >= 15 is 0 Å². The van der Waals surface area contributed by atoms with Gasteiger partial charge in [0.25, 0.3) is 5.91 Å². The number of carbonyl (C=O) groups excluding carboxylic acids is 1. The molecule has 1 saturated heterocycles. The number of carbonyl (C=O) groups is 1. The molecule has 0 saturated carbocycles. The average Bonchev–Trinajstić information content (AvgIpc) is 2.34. The summed E-state index contributed by atoms with van der Waals surface area (Å²) >= 11 is 0. The van der Waals surface area contributed by atoms with Crippen LogP contribution in [0.3, 0.4) is 0 Å². The third-order valence-corrected chi connectivity index (χ3v) is 2.57. The average molecular weight is 230 g/mol. The van der Waals surface area contributed by atoms with E-state index in [9.17, 15) is 4.79 Å². The molecule has 16 heavy (non-hydrogen) atoms. The first-order chi connectivity index (χ1) is 7.75. The van der Waals surface area contributed by atoms with E-state index in [1.165, 1.54) is 0 Å². The van der Waals surface area contributed by atoms with E-state index in [-0.39, 0.29) is 12.0 Å². The van der Waals surface area contributed by atoms with Gasteiger partial charge in [0.05, 0.1) is 19.8 Å². The standard InChI is InChI=1S/C11H22N2O3/c1-3-12-4-7-16-10(2)11(14)13-5-8-15-9-6-13/h10,12H,3-9H2,1-2H3. The van der Waals surface area contributed by atoms with Crippen LogP contribution in [0.25, 0.3) is 0 Å². The Balaban J connectivity index is 2.18. The molecule has 0 aromatic carbocycles. The van der Waals surface area contributed by atoms with Gasteiger partial charge in [0, 0.05) is 19.6 Å². The summed E-state index contributed by atoms with van der Waals surface area (Å²) in [5.74, 6) is 0.0693. The van der Waals surface area contributed by atoms with Crippen molar-refractivity contribution in [3.8, 4) is 0 Å². The quantitative estimate of drug-likeness (QED) is 0.645. The lowest BCUT2D eigenvalue weighted by Crippen LogP contribution is -2.45. The molecule has 0 aromatic rings. The highest BCUT2D eigenvalue weighted by molar-refractivity contribution is 5.80. The minimum atomic E-state index is -0.350. The monoisotopic (exact) mass is 230 g/mol. The van der Waals surface area contributed by atoms with Crippen LogP contribution in [0, 0.1) is 0 Å². The molecular formula is C11H22N2O3.